The van der Waals surface area contributed by atoms with E-state index >= 15 is 4.39 Å². The highest BCUT2D eigenvalue weighted by Gasteiger charge is 2.22. The average Bonchev–Trinajstić information content (AvgIpc) is 3.22. The van der Waals surface area contributed by atoms with Crippen LogP contribution in [-0.2, 0) is 24.3 Å². The number of rotatable bonds is 8. The first kappa shape index (κ1) is 22.4. The minimum absolute atomic E-state index is 0.208. The molecule has 0 radical (unpaired) electrons. The fourth-order valence-electron chi connectivity index (χ4n) is 4.44. The lowest BCUT2D eigenvalue weighted by molar-refractivity contribution is -0.0589. The monoisotopic (exact) mass is 480 g/mol. The van der Waals surface area contributed by atoms with Gasteiger partial charge >= 0.3 is 0 Å². The number of fused-ring (bicyclic) bond motifs is 1. The highest BCUT2D eigenvalue weighted by Crippen LogP contribution is 2.27. The maximum Gasteiger partial charge on any atom is 0.214 e. The molecule has 0 unspecified atom stereocenters. The molecule has 1 fully saturated rings. The summed E-state index contributed by atoms with van der Waals surface area (Å²) in [6.07, 6.45) is 5.25. The Kier molecular flexibility index (Phi) is 6.13. The van der Waals surface area contributed by atoms with Crippen molar-refractivity contribution in [2.45, 2.75) is 32.1 Å². The second kappa shape index (κ2) is 9.87. The number of benzene rings is 2. The second-order valence-corrected chi connectivity index (χ2v) is 8.91. The fourth-order valence-corrected chi connectivity index (χ4v) is 4.44. The normalized spacial score (nSPS) is 15.1. The summed E-state index contributed by atoms with van der Waals surface area (Å²) < 4.78 is 28.9. The Hall–Kier alpha value is -4.10. The molecule has 4 heterocycles. The molecule has 0 aliphatic carbocycles. The van der Waals surface area contributed by atoms with Gasteiger partial charge in [-0.2, -0.15) is 0 Å². The third-order valence-corrected chi connectivity index (χ3v) is 6.42. The van der Waals surface area contributed by atoms with Crippen LogP contribution in [-0.4, -0.2) is 32.2 Å². The van der Waals surface area contributed by atoms with E-state index in [4.69, 9.17) is 14.5 Å². The Morgan fingerprint density at radius 2 is 1.89 bits per heavy atom. The smallest absolute Gasteiger partial charge is 0.214 e. The molecule has 0 amide bonds. The van der Waals surface area contributed by atoms with Crippen molar-refractivity contribution in [3.8, 4) is 17.1 Å². The van der Waals surface area contributed by atoms with Gasteiger partial charge in [-0.15, -0.1) is 0 Å². The van der Waals surface area contributed by atoms with Crippen molar-refractivity contribution < 1.29 is 13.9 Å². The van der Waals surface area contributed by atoms with Crippen molar-refractivity contribution >= 4 is 11.0 Å². The van der Waals surface area contributed by atoms with Gasteiger partial charge in [0.25, 0.3) is 0 Å². The molecule has 6 nitrogen and oxygen atoms in total. The molecule has 6 rings (SSSR count). The van der Waals surface area contributed by atoms with Gasteiger partial charge < -0.3 is 14.0 Å². The third-order valence-electron chi connectivity index (χ3n) is 6.42. The van der Waals surface area contributed by atoms with Crippen LogP contribution in [0.4, 0.5) is 4.39 Å². The van der Waals surface area contributed by atoms with Gasteiger partial charge in [-0.3, -0.25) is 4.98 Å². The van der Waals surface area contributed by atoms with Crippen LogP contribution in [0, 0.1) is 5.82 Å². The first-order valence-electron chi connectivity index (χ1n) is 12.1. The number of nitrogens with zero attached hydrogens (tertiary/aromatic N) is 4. The topological polar surface area (TPSA) is 62.1 Å². The summed E-state index contributed by atoms with van der Waals surface area (Å²) >= 11 is 0. The van der Waals surface area contributed by atoms with E-state index in [1.54, 1.807) is 36.7 Å². The molecular formula is C29H25FN4O2. The zero-order valence-corrected chi connectivity index (χ0v) is 19.7. The summed E-state index contributed by atoms with van der Waals surface area (Å²) in [6, 6.07) is 22.5. The summed E-state index contributed by atoms with van der Waals surface area (Å²) in [6.45, 7) is 1.91. The molecular weight excluding hydrogens is 455 g/mol. The van der Waals surface area contributed by atoms with E-state index in [2.05, 4.69) is 20.6 Å². The second-order valence-electron chi connectivity index (χ2n) is 8.91. The van der Waals surface area contributed by atoms with Crippen LogP contribution in [0.15, 0.2) is 85.2 Å². The average molecular weight is 481 g/mol. The van der Waals surface area contributed by atoms with Crippen molar-refractivity contribution in [3.05, 3.63) is 108 Å². The summed E-state index contributed by atoms with van der Waals surface area (Å²) in [4.78, 5) is 13.4. The number of aromatic nitrogens is 4. The van der Waals surface area contributed by atoms with Crippen LogP contribution >= 0.6 is 0 Å². The number of para-hydroxylation sites is 2. The summed E-state index contributed by atoms with van der Waals surface area (Å²) in [5, 5.41) is 0. The van der Waals surface area contributed by atoms with Crippen molar-refractivity contribution in [1.29, 1.82) is 0 Å². The summed E-state index contributed by atoms with van der Waals surface area (Å²) in [7, 11) is 0. The lowest BCUT2D eigenvalue weighted by atomic mass is 10.1. The molecule has 0 spiro atoms. The first-order chi connectivity index (χ1) is 17.7. The highest BCUT2D eigenvalue weighted by atomic mass is 19.1. The third kappa shape index (κ3) is 4.70. The van der Waals surface area contributed by atoms with Crippen molar-refractivity contribution in [1.82, 2.24) is 19.5 Å². The van der Waals surface area contributed by atoms with Gasteiger partial charge in [0.1, 0.15) is 18.2 Å². The molecule has 2 aromatic carbocycles. The minimum Gasteiger partial charge on any atom is -0.473 e. The van der Waals surface area contributed by atoms with Gasteiger partial charge in [-0.1, -0.05) is 30.3 Å². The SMILES string of the molecule is Fc1cc(Cc2nc3ccccc3n2C[C@@H]2CCO2)ccc1-c1cccc(OCc2cccnc2)n1. The van der Waals surface area contributed by atoms with Gasteiger partial charge in [0.2, 0.25) is 5.88 Å². The van der Waals surface area contributed by atoms with E-state index in [1.165, 1.54) is 0 Å². The molecule has 0 bridgehead atoms. The number of hydrogen-bond donors (Lipinski definition) is 0. The Morgan fingerprint density at radius 3 is 2.69 bits per heavy atom. The van der Waals surface area contributed by atoms with Gasteiger partial charge in [0.05, 0.1) is 29.4 Å². The maximum atomic E-state index is 15.3. The standard InChI is InChI=1S/C29H25FN4O2/c30-24-15-20(16-28-32-26-6-1-2-8-27(26)34(28)18-22-12-14-35-22)10-11-23(24)25-7-3-9-29(33-25)36-19-21-5-4-13-31-17-21/h1-11,13,15,17,22H,12,14,16,18-19H2/t22-/m0/s1. The van der Waals surface area contributed by atoms with Crippen molar-refractivity contribution in [2.24, 2.45) is 0 Å². The Morgan fingerprint density at radius 1 is 0.972 bits per heavy atom. The molecule has 5 aromatic rings. The van der Waals surface area contributed by atoms with E-state index < -0.39 is 0 Å². The largest absolute Gasteiger partial charge is 0.473 e. The highest BCUT2D eigenvalue weighted by molar-refractivity contribution is 5.76. The van der Waals surface area contributed by atoms with Crippen LogP contribution in [0.2, 0.25) is 0 Å². The van der Waals surface area contributed by atoms with E-state index in [-0.39, 0.29) is 11.9 Å². The molecule has 0 saturated carbocycles. The lowest BCUT2D eigenvalue weighted by Gasteiger charge is -2.27. The van der Waals surface area contributed by atoms with Crippen LogP contribution in [0.1, 0.15) is 23.4 Å². The lowest BCUT2D eigenvalue weighted by Crippen LogP contribution is -2.31. The number of halogens is 1. The number of ether oxygens (including phenoxy) is 2. The van der Waals surface area contributed by atoms with Crippen molar-refractivity contribution in [2.75, 3.05) is 6.61 Å². The zero-order chi connectivity index (χ0) is 24.3. The number of imidazole rings is 1. The molecule has 1 saturated heterocycles. The molecule has 36 heavy (non-hydrogen) atoms. The van der Waals surface area contributed by atoms with Crippen LogP contribution in [0.5, 0.6) is 5.88 Å². The predicted molar refractivity (Wildman–Crippen MR) is 135 cm³/mol. The molecule has 1 atom stereocenters. The van der Waals surface area contributed by atoms with Crippen LogP contribution < -0.4 is 4.74 Å². The first-order valence-corrected chi connectivity index (χ1v) is 12.1. The van der Waals surface area contributed by atoms with Gasteiger partial charge in [0.15, 0.2) is 0 Å². The van der Waals surface area contributed by atoms with Gasteiger partial charge in [-0.25, -0.2) is 14.4 Å². The van der Waals surface area contributed by atoms with E-state index in [9.17, 15) is 0 Å². The molecule has 3 aromatic heterocycles. The molecule has 1 aliphatic heterocycles. The van der Waals surface area contributed by atoms with Crippen LogP contribution in [0.3, 0.4) is 0 Å². The van der Waals surface area contributed by atoms with E-state index in [0.29, 0.717) is 30.2 Å². The molecule has 7 heteroatoms. The Balaban J connectivity index is 1.22. The maximum absolute atomic E-state index is 15.3. The summed E-state index contributed by atoms with van der Waals surface area (Å²) in [5.74, 6) is 1.02. The van der Waals surface area contributed by atoms with Crippen molar-refractivity contribution in [3.63, 3.8) is 0 Å². The molecule has 0 N–H and O–H groups in total. The fraction of sp³-hybridized carbons (Fsp3) is 0.207. The summed E-state index contributed by atoms with van der Waals surface area (Å²) in [5.41, 5.74) is 4.77. The number of hydrogen-bond acceptors (Lipinski definition) is 5. The quantitative estimate of drug-likeness (QED) is 0.290. The van der Waals surface area contributed by atoms with E-state index in [1.807, 2.05) is 42.5 Å². The Labute approximate surface area is 208 Å². The predicted octanol–water partition coefficient (Wildman–Crippen LogP) is 5.59. The zero-order valence-electron chi connectivity index (χ0n) is 19.7. The minimum atomic E-state index is -0.325. The Bertz CT molecular complexity index is 1500. The molecule has 1 aliphatic rings. The number of pyridine rings is 2. The van der Waals surface area contributed by atoms with Gasteiger partial charge in [-0.05, 0) is 48.4 Å². The van der Waals surface area contributed by atoms with Crippen LogP contribution in [0.25, 0.3) is 22.3 Å². The molecule has 180 valence electrons. The van der Waals surface area contributed by atoms with E-state index in [0.717, 1.165) is 47.6 Å². The van der Waals surface area contributed by atoms with Gasteiger partial charge in [0, 0.05) is 42.6 Å².